The molecule has 0 saturated heterocycles. The van der Waals surface area contributed by atoms with Gasteiger partial charge in [0.2, 0.25) is 0 Å². The molecule has 0 spiro atoms. The number of nitrogens with one attached hydrogen (secondary N) is 3. The summed E-state index contributed by atoms with van der Waals surface area (Å²) >= 11 is 0. The number of benzene rings is 1. The number of aryl methyl sites for hydroxylation is 1. The van der Waals surface area contributed by atoms with E-state index in [9.17, 15) is 4.79 Å². The van der Waals surface area contributed by atoms with Crippen LogP contribution in [0.4, 0.5) is 0 Å². The maximum Gasteiger partial charge on any atom is 0.323 e. The third-order valence-electron chi connectivity index (χ3n) is 3.78. The van der Waals surface area contributed by atoms with Crippen LogP contribution in [0.25, 0.3) is 11.0 Å². The van der Waals surface area contributed by atoms with Crippen LogP contribution >= 0.6 is 0 Å². The van der Waals surface area contributed by atoms with E-state index < -0.39 is 0 Å². The summed E-state index contributed by atoms with van der Waals surface area (Å²) in [5.74, 6) is 0. The number of aromatic nitrogens is 3. The molecule has 2 heterocycles. The highest BCUT2D eigenvalue weighted by molar-refractivity contribution is 5.75. The average Bonchev–Trinajstić information content (AvgIpc) is 2.85. The zero-order chi connectivity index (χ0) is 14.8. The fraction of sp³-hybridized carbons (Fsp3) is 0.250. The van der Waals surface area contributed by atoms with E-state index in [0.29, 0.717) is 0 Å². The van der Waals surface area contributed by atoms with Crippen molar-refractivity contribution in [2.24, 2.45) is 0 Å². The second-order valence-corrected chi connectivity index (χ2v) is 5.29. The molecule has 3 rings (SSSR count). The Morgan fingerprint density at radius 3 is 2.86 bits per heavy atom. The molecule has 2 aromatic heterocycles. The van der Waals surface area contributed by atoms with Gasteiger partial charge in [-0.2, -0.15) is 0 Å². The highest BCUT2D eigenvalue weighted by Gasteiger charge is 2.08. The first kappa shape index (κ1) is 13.6. The van der Waals surface area contributed by atoms with Gasteiger partial charge in [-0.25, -0.2) is 4.79 Å². The second-order valence-electron chi connectivity index (χ2n) is 5.29. The van der Waals surface area contributed by atoms with Crippen molar-refractivity contribution in [2.45, 2.75) is 26.4 Å². The van der Waals surface area contributed by atoms with Crippen LogP contribution in [0.15, 0.2) is 41.5 Å². The van der Waals surface area contributed by atoms with E-state index in [-0.39, 0.29) is 11.7 Å². The van der Waals surface area contributed by atoms with Gasteiger partial charge in [0.1, 0.15) is 0 Å². The first-order chi connectivity index (χ1) is 10.1. The van der Waals surface area contributed by atoms with Crippen LogP contribution in [0, 0.1) is 6.92 Å². The molecule has 0 radical (unpaired) electrons. The molecule has 0 amide bonds. The Balaban J connectivity index is 1.76. The lowest BCUT2D eigenvalue weighted by molar-refractivity contribution is 0.573. The Labute approximate surface area is 122 Å². The molecule has 0 aliphatic carbocycles. The number of imidazole rings is 1. The van der Waals surface area contributed by atoms with Crippen molar-refractivity contribution < 1.29 is 0 Å². The summed E-state index contributed by atoms with van der Waals surface area (Å²) in [6.07, 6.45) is 3.68. The van der Waals surface area contributed by atoms with E-state index in [0.717, 1.165) is 23.1 Å². The van der Waals surface area contributed by atoms with Crippen molar-refractivity contribution in [1.29, 1.82) is 0 Å². The molecule has 1 unspecified atom stereocenters. The minimum atomic E-state index is -0.171. The first-order valence-corrected chi connectivity index (χ1v) is 6.98. The summed E-state index contributed by atoms with van der Waals surface area (Å²) in [6.45, 7) is 4.96. The molecule has 0 fully saturated rings. The summed E-state index contributed by atoms with van der Waals surface area (Å²) in [6, 6.07) is 8.19. The molecule has 3 aromatic rings. The molecule has 108 valence electrons. The summed E-state index contributed by atoms with van der Waals surface area (Å²) in [5.41, 5.74) is 5.07. The maximum absolute atomic E-state index is 11.3. The zero-order valence-electron chi connectivity index (χ0n) is 12.1. The molecule has 21 heavy (non-hydrogen) atoms. The predicted molar refractivity (Wildman–Crippen MR) is 83.1 cm³/mol. The van der Waals surface area contributed by atoms with Gasteiger partial charge in [0.25, 0.3) is 0 Å². The van der Waals surface area contributed by atoms with Crippen molar-refractivity contribution in [3.63, 3.8) is 0 Å². The average molecular weight is 282 g/mol. The number of nitrogens with zero attached hydrogens (tertiary/aromatic N) is 1. The van der Waals surface area contributed by atoms with E-state index in [1.165, 1.54) is 11.1 Å². The van der Waals surface area contributed by atoms with Gasteiger partial charge in [0.15, 0.2) is 0 Å². The van der Waals surface area contributed by atoms with Gasteiger partial charge in [-0.3, -0.25) is 4.98 Å². The van der Waals surface area contributed by atoms with E-state index in [4.69, 9.17) is 0 Å². The SMILES string of the molecule is Cc1cnccc1CNC(C)c1ccc2[nH]c(=O)[nH]c2c1. The monoisotopic (exact) mass is 282 g/mol. The van der Waals surface area contributed by atoms with Crippen LogP contribution in [-0.4, -0.2) is 15.0 Å². The minimum absolute atomic E-state index is 0.171. The van der Waals surface area contributed by atoms with Gasteiger partial charge in [-0.15, -0.1) is 0 Å². The standard InChI is InChI=1S/C16H18N4O/c1-10-8-17-6-5-13(10)9-18-11(2)12-3-4-14-15(7-12)20-16(21)19-14/h3-8,11,18H,9H2,1-2H3,(H2,19,20,21). The van der Waals surface area contributed by atoms with Crippen LogP contribution in [-0.2, 0) is 6.54 Å². The Hall–Kier alpha value is -2.40. The highest BCUT2D eigenvalue weighted by Crippen LogP contribution is 2.17. The van der Waals surface area contributed by atoms with Crippen molar-refractivity contribution in [3.05, 3.63) is 63.8 Å². The van der Waals surface area contributed by atoms with E-state index in [1.807, 2.05) is 36.7 Å². The molecule has 0 bridgehead atoms. The van der Waals surface area contributed by atoms with Crippen LogP contribution in [0.5, 0.6) is 0 Å². The fourth-order valence-electron chi connectivity index (χ4n) is 2.40. The van der Waals surface area contributed by atoms with Crippen LogP contribution in [0.1, 0.15) is 29.7 Å². The van der Waals surface area contributed by atoms with Crippen molar-refractivity contribution >= 4 is 11.0 Å². The molecule has 5 nitrogen and oxygen atoms in total. The zero-order valence-corrected chi connectivity index (χ0v) is 12.1. The van der Waals surface area contributed by atoms with Gasteiger partial charge >= 0.3 is 5.69 Å². The largest absolute Gasteiger partial charge is 0.323 e. The third-order valence-corrected chi connectivity index (χ3v) is 3.78. The lowest BCUT2D eigenvalue weighted by Crippen LogP contribution is -2.18. The van der Waals surface area contributed by atoms with Crippen molar-refractivity contribution in [2.75, 3.05) is 0 Å². The van der Waals surface area contributed by atoms with Crippen LogP contribution < -0.4 is 11.0 Å². The molecule has 1 atom stereocenters. The molecule has 0 saturated carbocycles. The number of aromatic amines is 2. The number of hydrogen-bond acceptors (Lipinski definition) is 3. The Morgan fingerprint density at radius 1 is 1.24 bits per heavy atom. The van der Waals surface area contributed by atoms with Gasteiger partial charge in [0, 0.05) is 25.0 Å². The normalized spacial score (nSPS) is 12.7. The number of pyridine rings is 1. The van der Waals surface area contributed by atoms with Gasteiger partial charge in [-0.1, -0.05) is 6.07 Å². The van der Waals surface area contributed by atoms with E-state index in [2.05, 4.69) is 34.1 Å². The number of rotatable bonds is 4. The van der Waals surface area contributed by atoms with Crippen LogP contribution in [0.2, 0.25) is 0 Å². The quantitative estimate of drug-likeness (QED) is 0.688. The predicted octanol–water partition coefficient (Wildman–Crippen LogP) is 2.41. The molecule has 1 aromatic carbocycles. The smallest absolute Gasteiger partial charge is 0.306 e. The van der Waals surface area contributed by atoms with Crippen LogP contribution in [0.3, 0.4) is 0 Å². The molecule has 0 aliphatic heterocycles. The molecular formula is C16H18N4O. The molecule has 3 N–H and O–H groups in total. The second kappa shape index (κ2) is 5.54. The summed E-state index contributed by atoms with van der Waals surface area (Å²) < 4.78 is 0. The summed E-state index contributed by atoms with van der Waals surface area (Å²) in [7, 11) is 0. The topological polar surface area (TPSA) is 73.6 Å². The Bertz CT molecular complexity index is 818. The van der Waals surface area contributed by atoms with E-state index in [1.54, 1.807) is 0 Å². The Morgan fingerprint density at radius 2 is 2.05 bits per heavy atom. The maximum atomic E-state index is 11.3. The molecule has 0 aliphatic rings. The van der Waals surface area contributed by atoms with Gasteiger partial charge in [0.05, 0.1) is 11.0 Å². The number of H-pyrrole nitrogens is 2. The lowest BCUT2D eigenvalue weighted by Gasteiger charge is -2.15. The first-order valence-electron chi connectivity index (χ1n) is 6.98. The molecular weight excluding hydrogens is 264 g/mol. The third kappa shape index (κ3) is 2.87. The number of hydrogen-bond donors (Lipinski definition) is 3. The van der Waals surface area contributed by atoms with E-state index >= 15 is 0 Å². The highest BCUT2D eigenvalue weighted by atomic mass is 16.1. The number of fused-ring (bicyclic) bond motifs is 1. The van der Waals surface area contributed by atoms with Crippen molar-refractivity contribution in [1.82, 2.24) is 20.3 Å². The summed E-state index contributed by atoms with van der Waals surface area (Å²) in [4.78, 5) is 20.9. The summed E-state index contributed by atoms with van der Waals surface area (Å²) in [5, 5.41) is 3.50. The minimum Gasteiger partial charge on any atom is -0.306 e. The van der Waals surface area contributed by atoms with Gasteiger partial charge < -0.3 is 15.3 Å². The lowest BCUT2D eigenvalue weighted by atomic mass is 10.1. The van der Waals surface area contributed by atoms with Crippen molar-refractivity contribution in [3.8, 4) is 0 Å². The Kier molecular flexibility index (Phi) is 3.58. The van der Waals surface area contributed by atoms with Gasteiger partial charge in [-0.05, 0) is 48.7 Å². The fourth-order valence-corrected chi connectivity index (χ4v) is 2.40. The molecule has 5 heteroatoms.